The fraction of sp³-hybridized carbons (Fsp3) is 0.615. The number of hydrogen-bond donors (Lipinski definition) is 1. The Morgan fingerprint density at radius 3 is 2.68 bits per heavy atom. The number of amides is 1. The van der Waals surface area contributed by atoms with Crippen LogP contribution in [-0.2, 0) is 11.3 Å². The lowest BCUT2D eigenvalue weighted by molar-refractivity contribution is -0.121. The van der Waals surface area contributed by atoms with E-state index in [9.17, 15) is 4.79 Å². The maximum Gasteiger partial charge on any atom is 0.233 e. The Balaban J connectivity index is 2.74. The molecule has 5 nitrogen and oxygen atoms in total. The third-order valence-corrected chi connectivity index (χ3v) is 3.44. The average Bonchev–Trinajstić information content (AvgIpc) is 2.59. The number of nitrogens with zero attached hydrogens (tertiary/aromatic N) is 3. The van der Waals surface area contributed by atoms with Crippen molar-refractivity contribution in [2.24, 2.45) is 0 Å². The Kier molecular flexibility index (Phi) is 5.17. The van der Waals surface area contributed by atoms with Gasteiger partial charge >= 0.3 is 0 Å². The van der Waals surface area contributed by atoms with Crippen molar-refractivity contribution >= 4 is 17.7 Å². The number of rotatable bonds is 5. The molecule has 1 unspecified atom stereocenters. The molecule has 1 atom stereocenters. The molecular weight excluding hydrogens is 260 g/mol. The minimum absolute atomic E-state index is 0.00306. The largest absolute Gasteiger partial charge is 0.351 e. The quantitative estimate of drug-likeness (QED) is 0.664. The molecule has 106 valence electrons. The molecule has 6 heteroatoms. The number of allylic oxidation sites excluding steroid dienone is 1. The van der Waals surface area contributed by atoms with Gasteiger partial charge < -0.3 is 9.88 Å². The van der Waals surface area contributed by atoms with Crippen molar-refractivity contribution in [1.29, 1.82) is 0 Å². The van der Waals surface area contributed by atoms with E-state index in [1.807, 2.05) is 39.2 Å². The third kappa shape index (κ3) is 4.70. The SMILES string of the molecule is C=CCn1c(C)nnc1SC(C)C(=O)NC(C)(C)C. The summed E-state index contributed by atoms with van der Waals surface area (Å²) in [6.45, 7) is 14.0. The van der Waals surface area contributed by atoms with Crippen LogP contribution in [0.5, 0.6) is 0 Å². The molecule has 0 bridgehead atoms. The smallest absolute Gasteiger partial charge is 0.233 e. The zero-order valence-corrected chi connectivity index (χ0v) is 13.0. The maximum atomic E-state index is 12.0. The number of nitrogens with one attached hydrogen (secondary N) is 1. The molecule has 1 heterocycles. The van der Waals surface area contributed by atoms with Crippen molar-refractivity contribution in [3.8, 4) is 0 Å². The van der Waals surface area contributed by atoms with E-state index >= 15 is 0 Å². The van der Waals surface area contributed by atoms with Gasteiger partial charge in [-0.15, -0.1) is 16.8 Å². The lowest BCUT2D eigenvalue weighted by Gasteiger charge is -2.22. The van der Waals surface area contributed by atoms with Crippen LogP contribution in [0.4, 0.5) is 0 Å². The van der Waals surface area contributed by atoms with Gasteiger partial charge in [0.1, 0.15) is 5.82 Å². The van der Waals surface area contributed by atoms with Crippen LogP contribution >= 0.6 is 11.8 Å². The van der Waals surface area contributed by atoms with Crippen LogP contribution in [0.3, 0.4) is 0 Å². The highest BCUT2D eigenvalue weighted by atomic mass is 32.2. The van der Waals surface area contributed by atoms with Crippen LogP contribution in [0.15, 0.2) is 17.8 Å². The van der Waals surface area contributed by atoms with E-state index in [0.717, 1.165) is 11.0 Å². The van der Waals surface area contributed by atoms with E-state index in [1.165, 1.54) is 11.8 Å². The second-order valence-electron chi connectivity index (χ2n) is 5.43. The lowest BCUT2D eigenvalue weighted by atomic mass is 10.1. The monoisotopic (exact) mass is 282 g/mol. The van der Waals surface area contributed by atoms with Crippen molar-refractivity contribution in [3.63, 3.8) is 0 Å². The van der Waals surface area contributed by atoms with Crippen molar-refractivity contribution in [1.82, 2.24) is 20.1 Å². The topological polar surface area (TPSA) is 59.8 Å². The van der Waals surface area contributed by atoms with Gasteiger partial charge in [-0.1, -0.05) is 17.8 Å². The summed E-state index contributed by atoms with van der Waals surface area (Å²) in [6, 6.07) is 0. The van der Waals surface area contributed by atoms with Crippen LogP contribution in [0.2, 0.25) is 0 Å². The lowest BCUT2D eigenvalue weighted by Crippen LogP contribution is -2.44. The Morgan fingerprint density at radius 1 is 1.53 bits per heavy atom. The summed E-state index contributed by atoms with van der Waals surface area (Å²) in [5.41, 5.74) is -0.226. The Labute approximate surface area is 118 Å². The van der Waals surface area contributed by atoms with Gasteiger partial charge in [0.15, 0.2) is 5.16 Å². The van der Waals surface area contributed by atoms with Crippen LogP contribution < -0.4 is 5.32 Å². The van der Waals surface area contributed by atoms with Gasteiger partial charge in [-0.05, 0) is 34.6 Å². The van der Waals surface area contributed by atoms with E-state index in [1.54, 1.807) is 6.08 Å². The van der Waals surface area contributed by atoms with Crippen molar-refractivity contribution in [3.05, 3.63) is 18.5 Å². The van der Waals surface area contributed by atoms with Gasteiger partial charge in [-0.3, -0.25) is 4.79 Å². The number of carbonyl (C=O) groups is 1. The number of carbonyl (C=O) groups excluding carboxylic acids is 1. The van der Waals surface area contributed by atoms with Crippen molar-refractivity contribution in [2.45, 2.75) is 57.1 Å². The first-order chi connectivity index (χ1) is 8.74. The van der Waals surface area contributed by atoms with E-state index in [4.69, 9.17) is 0 Å². The zero-order chi connectivity index (χ0) is 14.6. The molecule has 0 radical (unpaired) electrons. The van der Waals surface area contributed by atoms with Crippen LogP contribution in [0.25, 0.3) is 0 Å². The molecule has 0 aliphatic rings. The minimum Gasteiger partial charge on any atom is -0.351 e. The molecule has 19 heavy (non-hydrogen) atoms. The summed E-state index contributed by atoms with van der Waals surface area (Å²) in [5.74, 6) is 0.828. The Hall–Kier alpha value is -1.30. The van der Waals surface area contributed by atoms with Crippen LogP contribution in [0, 0.1) is 6.92 Å². The molecule has 1 amide bonds. The zero-order valence-electron chi connectivity index (χ0n) is 12.2. The van der Waals surface area contributed by atoms with Gasteiger partial charge in [0.25, 0.3) is 0 Å². The maximum absolute atomic E-state index is 12.0. The average molecular weight is 282 g/mol. The number of aromatic nitrogens is 3. The predicted octanol–water partition coefficient (Wildman–Crippen LogP) is 2.17. The molecule has 1 aromatic heterocycles. The highest BCUT2D eigenvalue weighted by Gasteiger charge is 2.22. The van der Waals surface area contributed by atoms with Gasteiger partial charge in [-0.2, -0.15) is 0 Å². The van der Waals surface area contributed by atoms with E-state index in [2.05, 4.69) is 22.1 Å². The molecule has 1 N–H and O–H groups in total. The van der Waals surface area contributed by atoms with Gasteiger partial charge in [-0.25, -0.2) is 0 Å². The molecule has 0 fully saturated rings. The summed E-state index contributed by atoms with van der Waals surface area (Å²) in [5, 5.41) is 11.6. The summed E-state index contributed by atoms with van der Waals surface area (Å²) < 4.78 is 1.94. The molecule has 0 saturated heterocycles. The minimum atomic E-state index is -0.226. The van der Waals surface area contributed by atoms with Crippen molar-refractivity contribution in [2.75, 3.05) is 0 Å². The van der Waals surface area contributed by atoms with E-state index in [0.29, 0.717) is 6.54 Å². The summed E-state index contributed by atoms with van der Waals surface area (Å²) in [7, 11) is 0. The number of hydrogen-bond acceptors (Lipinski definition) is 4. The molecule has 0 aromatic carbocycles. The summed E-state index contributed by atoms with van der Waals surface area (Å²) in [6.07, 6.45) is 1.79. The second-order valence-corrected chi connectivity index (χ2v) is 6.74. The molecular formula is C13H22N4OS. The van der Waals surface area contributed by atoms with E-state index < -0.39 is 0 Å². The molecule has 1 aromatic rings. The first kappa shape index (κ1) is 15.8. The Bertz CT molecular complexity index is 462. The molecule has 0 aliphatic heterocycles. The molecule has 1 rings (SSSR count). The first-order valence-electron chi connectivity index (χ1n) is 6.24. The van der Waals surface area contributed by atoms with Crippen LogP contribution in [0.1, 0.15) is 33.5 Å². The predicted molar refractivity (Wildman–Crippen MR) is 78.2 cm³/mol. The van der Waals surface area contributed by atoms with Gasteiger partial charge in [0.05, 0.1) is 5.25 Å². The van der Waals surface area contributed by atoms with Gasteiger partial charge in [0.2, 0.25) is 5.91 Å². The fourth-order valence-corrected chi connectivity index (χ4v) is 2.37. The second kappa shape index (κ2) is 6.23. The fourth-order valence-electron chi connectivity index (χ4n) is 1.47. The Morgan fingerprint density at radius 2 is 2.16 bits per heavy atom. The molecule has 0 spiro atoms. The number of aryl methyl sites for hydroxylation is 1. The highest BCUT2D eigenvalue weighted by molar-refractivity contribution is 8.00. The summed E-state index contributed by atoms with van der Waals surface area (Å²) in [4.78, 5) is 12.0. The van der Waals surface area contributed by atoms with E-state index in [-0.39, 0.29) is 16.7 Å². The van der Waals surface area contributed by atoms with Crippen LogP contribution in [-0.4, -0.2) is 31.5 Å². The van der Waals surface area contributed by atoms with Crippen molar-refractivity contribution < 1.29 is 4.79 Å². The molecule has 0 aliphatic carbocycles. The first-order valence-corrected chi connectivity index (χ1v) is 7.12. The molecule has 0 saturated carbocycles. The number of thioether (sulfide) groups is 1. The standard InChI is InChI=1S/C13H22N4OS/c1-7-8-17-10(3)15-16-12(17)19-9(2)11(18)14-13(4,5)6/h7,9H,1,8H2,2-6H3,(H,14,18). The third-order valence-electron chi connectivity index (χ3n) is 2.36. The van der Waals surface area contributed by atoms with Gasteiger partial charge in [0, 0.05) is 12.1 Å². The normalized spacial score (nSPS) is 13.1. The highest BCUT2D eigenvalue weighted by Crippen LogP contribution is 2.22. The summed E-state index contributed by atoms with van der Waals surface area (Å²) >= 11 is 1.41.